The van der Waals surface area contributed by atoms with Crippen LogP contribution in [0.3, 0.4) is 0 Å². The van der Waals surface area contributed by atoms with Crippen molar-refractivity contribution >= 4 is 22.6 Å². The third-order valence-electron chi connectivity index (χ3n) is 5.69. The molecule has 0 unspecified atom stereocenters. The van der Waals surface area contributed by atoms with Gasteiger partial charge in [-0.25, -0.2) is 4.79 Å². The highest BCUT2D eigenvalue weighted by atomic mass is 35.5. The maximum Gasteiger partial charge on any atom is 0.339 e. The zero-order valence-corrected chi connectivity index (χ0v) is 18.3. The van der Waals surface area contributed by atoms with Gasteiger partial charge in [-0.3, -0.25) is 4.90 Å². The fourth-order valence-electron chi connectivity index (χ4n) is 3.78. The maximum absolute atomic E-state index is 12.3. The van der Waals surface area contributed by atoms with Crippen LogP contribution in [-0.2, 0) is 13.0 Å². The van der Waals surface area contributed by atoms with Gasteiger partial charge in [-0.05, 0) is 49.6 Å². The highest BCUT2D eigenvalue weighted by Crippen LogP contribution is 2.39. The first-order chi connectivity index (χ1) is 14.4. The molecular weight excluding hydrogens is 406 g/mol. The topological polar surface area (TPSA) is 61.1 Å². The third kappa shape index (κ3) is 3.61. The van der Waals surface area contributed by atoms with E-state index in [1.54, 1.807) is 21.1 Å². The van der Waals surface area contributed by atoms with E-state index in [1.807, 2.05) is 31.2 Å². The Morgan fingerprint density at radius 2 is 1.87 bits per heavy atom. The minimum atomic E-state index is -0.327. The molecule has 0 saturated heterocycles. The Hall–Kier alpha value is -2.70. The molecule has 0 bridgehead atoms. The fourth-order valence-corrected chi connectivity index (χ4v) is 4.06. The zero-order valence-electron chi connectivity index (χ0n) is 17.5. The molecule has 0 fully saturated rings. The molecule has 1 aromatic heterocycles. The van der Waals surface area contributed by atoms with Crippen molar-refractivity contribution in [1.29, 1.82) is 0 Å². The Morgan fingerprint density at radius 3 is 2.60 bits per heavy atom. The summed E-state index contributed by atoms with van der Waals surface area (Å²) in [7, 11) is 3.25. The van der Waals surface area contributed by atoms with Crippen molar-refractivity contribution in [1.82, 2.24) is 4.90 Å². The highest BCUT2D eigenvalue weighted by Gasteiger charge is 2.25. The second-order valence-corrected chi connectivity index (χ2v) is 7.85. The molecule has 158 valence electrons. The Kier molecular flexibility index (Phi) is 5.62. The van der Waals surface area contributed by atoms with Gasteiger partial charge in [0.15, 0.2) is 11.5 Å². The smallest absolute Gasteiger partial charge is 0.339 e. The number of hydrogen-bond acceptors (Lipinski definition) is 6. The number of hydrogen-bond donors (Lipinski definition) is 0. The van der Waals surface area contributed by atoms with Gasteiger partial charge in [0, 0.05) is 24.0 Å². The maximum atomic E-state index is 12.3. The molecule has 0 atom stereocenters. The van der Waals surface area contributed by atoms with Crippen molar-refractivity contribution in [3.63, 3.8) is 0 Å². The van der Waals surface area contributed by atoms with Gasteiger partial charge in [-0.15, -0.1) is 0 Å². The minimum absolute atomic E-state index is 0.327. The lowest BCUT2D eigenvalue weighted by Gasteiger charge is -2.30. The number of aryl methyl sites for hydroxylation is 1. The predicted molar refractivity (Wildman–Crippen MR) is 116 cm³/mol. The van der Waals surface area contributed by atoms with Crippen LogP contribution in [0.5, 0.6) is 17.2 Å². The molecule has 0 radical (unpaired) electrons. The van der Waals surface area contributed by atoms with Crippen LogP contribution in [0.4, 0.5) is 0 Å². The van der Waals surface area contributed by atoms with E-state index in [2.05, 4.69) is 4.90 Å². The number of ether oxygens (including phenoxy) is 3. The Balaban J connectivity index is 1.60. The number of methoxy groups -OCH3 is 2. The van der Waals surface area contributed by atoms with Gasteiger partial charge in [0.2, 0.25) is 0 Å². The lowest BCUT2D eigenvalue weighted by atomic mass is 10.0. The summed E-state index contributed by atoms with van der Waals surface area (Å²) in [6.45, 7) is 5.44. The molecule has 1 aliphatic heterocycles. The van der Waals surface area contributed by atoms with Crippen molar-refractivity contribution in [2.75, 3.05) is 27.5 Å². The number of benzene rings is 2. The van der Waals surface area contributed by atoms with Crippen LogP contribution in [0.25, 0.3) is 11.0 Å². The van der Waals surface area contributed by atoms with Gasteiger partial charge in [0.05, 0.1) is 24.8 Å². The number of halogens is 1. The first-order valence-electron chi connectivity index (χ1n) is 9.74. The average Bonchev–Trinajstić information content (AvgIpc) is 2.76. The monoisotopic (exact) mass is 429 g/mol. The number of fused-ring (bicyclic) bond motifs is 3. The Morgan fingerprint density at radius 1 is 1.10 bits per heavy atom. The molecule has 0 spiro atoms. The van der Waals surface area contributed by atoms with Gasteiger partial charge in [-0.1, -0.05) is 17.7 Å². The molecule has 2 heterocycles. The normalized spacial score (nSPS) is 13.8. The third-order valence-corrected chi connectivity index (χ3v) is 5.97. The van der Waals surface area contributed by atoms with Gasteiger partial charge in [-0.2, -0.15) is 0 Å². The number of nitrogens with zero attached hydrogens (tertiary/aromatic N) is 1. The van der Waals surface area contributed by atoms with Crippen molar-refractivity contribution in [3.8, 4) is 17.2 Å². The molecule has 0 aliphatic carbocycles. The van der Waals surface area contributed by atoms with Crippen LogP contribution in [0.1, 0.15) is 22.3 Å². The Labute approximate surface area is 179 Å². The summed E-state index contributed by atoms with van der Waals surface area (Å²) in [6, 6.07) is 7.73. The molecule has 2 aromatic carbocycles. The minimum Gasteiger partial charge on any atom is -0.493 e. The lowest BCUT2D eigenvalue weighted by Crippen LogP contribution is -2.34. The van der Waals surface area contributed by atoms with Crippen LogP contribution in [0.15, 0.2) is 33.5 Å². The first kappa shape index (κ1) is 20.6. The van der Waals surface area contributed by atoms with Crippen molar-refractivity contribution < 1.29 is 18.6 Å². The standard InChI is InChI=1S/C23H24ClNO5/c1-13-14(2)23(26)30-21-16(13)10-18(24)22-17(21)11-25(12-29-22)8-7-15-5-6-19(27-3)20(9-15)28-4/h5-6,9-10H,7-8,11-12H2,1-4H3. The van der Waals surface area contributed by atoms with E-state index in [-0.39, 0.29) is 5.63 Å². The summed E-state index contributed by atoms with van der Waals surface area (Å²) >= 11 is 6.48. The first-order valence-corrected chi connectivity index (χ1v) is 10.1. The van der Waals surface area contributed by atoms with Crippen LogP contribution in [-0.4, -0.2) is 32.4 Å². The molecule has 7 heteroatoms. The number of rotatable bonds is 5. The van der Waals surface area contributed by atoms with E-state index in [1.165, 1.54) is 0 Å². The molecule has 3 aromatic rings. The molecule has 30 heavy (non-hydrogen) atoms. The molecule has 6 nitrogen and oxygen atoms in total. The predicted octanol–water partition coefficient (Wildman–Crippen LogP) is 4.48. The second-order valence-electron chi connectivity index (χ2n) is 7.45. The van der Waals surface area contributed by atoms with E-state index < -0.39 is 0 Å². The van der Waals surface area contributed by atoms with Crippen LogP contribution < -0.4 is 19.8 Å². The summed E-state index contributed by atoms with van der Waals surface area (Å²) < 4.78 is 22.3. The largest absolute Gasteiger partial charge is 0.493 e. The lowest BCUT2D eigenvalue weighted by molar-refractivity contribution is 0.0968. The fraction of sp³-hybridized carbons (Fsp3) is 0.348. The summed E-state index contributed by atoms with van der Waals surface area (Å²) in [6.07, 6.45) is 0.805. The SMILES string of the molecule is COc1ccc(CCN2COc3c(Cl)cc4c(C)c(C)c(=O)oc4c3C2)cc1OC. The van der Waals surface area contributed by atoms with Gasteiger partial charge < -0.3 is 18.6 Å². The van der Waals surface area contributed by atoms with Crippen LogP contribution >= 0.6 is 11.6 Å². The zero-order chi connectivity index (χ0) is 21.4. The highest BCUT2D eigenvalue weighted by molar-refractivity contribution is 6.33. The average molecular weight is 430 g/mol. The quantitative estimate of drug-likeness (QED) is 0.557. The van der Waals surface area contributed by atoms with Gasteiger partial charge in [0.25, 0.3) is 0 Å². The summed E-state index contributed by atoms with van der Waals surface area (Å²) in [5.41, 5.74) is 3.66. The summed E-state index contributed by atoms with van der Waals surface area (Å²) in [5, 5.41) is 1.38. The van der Waals surface area contributed by atoms with E-state index in [4.69, 9.17) is 30.2 Å². The van der Waals surface area contributed by atoms with Crippen LogP contribution in [0, 0.1) is 13.8 Å². The van der Waals surface area contributed by atoms with Crippen LogP contribution in [0.2, 0.25) is 5.02 Å². The van der Waals surface area contributed by atoms with E-state index >= 15 is 0 Å². The van der Waals surface area contributed by atoms with Gasteiger partial charge in [0.1, 0.15) is 18.1 Å². The molecular formula is C23H24ClNO5. The molecule has 4 rings (SSSR count). The van der Waals surface area contributed by atoms with E-state index in [9.17, 15) is 4.79 Å². The van der Waals surface area contributed by atoms with E-state index in [0.717, 1.165) is 35.0 Å². The summed E-state index contributed by atoms with van der Waals surface area (Å²) in [5.74, 6) is 2.01. The molecule has 0 N–H and O–H groups in total. The summed E-state index contributed by atoms with van der Waals surface area (Å²) in [4.78, 5) is 14.4. The van der Waals surface area contributed by atoms with Crippen molar-refractivity contribution in [2.45, 2.75) is 26.8 Å². The van der Waals surface area contributed by atoms with Crippen molar-refractivity contribution in [3.05, 3.63) is 62.0 Å². The van der Waals surface area contributed by atoms with E-state index in [0.29, 0.717) is 46.7 Å². The van der Waals surface area contributed by atoms with Gasteiger partial charge >= 0.3 is 5.63 Å². The van der Waals surface area contributed by atoms with Crippen molar-refractivity contribution in [2.24, 2.45) is 0 Å². The molecule has 1 aliphatic rings. The molecule has 0 amide bonds. The molecule has 0 saturated carbocycles. The second kappa shape index (κ2) is 8.20. The Bertz CT molecular complexity index is 1170.